The van der Waals surface area contributed by atoms with Crippen molar-refractivity contribution in [2.45, 2.75) is 19.4 Å². The topological polar surface area (TPSA) is 84.1 Å². The molecule has 7 heteroatoms. The molecular weight excluding hydrogens is 262 g/mol. The lowest BCUT2D eigenvalue weighted by atomic mass is 10.1. The molecule has 0 bridgehead atoms. The standard InChI is InChI=1S/C12H15N5OS/c1-2-8-10(18)14-4-5-17(8)9-7-3-6-19-11(7)16-12(13)15-9/h3,6,8H,2,4-5H2,1H3,(H,14,18)(H2,13,15,16). The first kappa shape index (κ1) is 12.2. The molecule has 1 amide bonds. The number of nitrogens with two attached hydrogens (primary N) is 1. The zero-order chi connectivity index (χ0) is 13.4. The van der Waals surface area contributed by atoms with Crippen LogP contribution in [0.1, 0.15) is 13.3 Å². The highest BCUT2D eigenvalue weighted by atomic mass is 32.1. The Morgan fingerprint density at radius 3 is 3.21 bits per heavy atom. The summed E-state index contributed by atoms with van der Waals surface area (Å²) in [6, 6.07) is 1.79. The maximum Gasteiger partial charge on any atom is 0.242 e. The number of piperazine rings is 1. The largest absolute Gasteiger partial charge is 0.368 e. The molecule has 6 nitrogen and oxygen atoms in total. The van der Waals surface area contributed by atoms with Crippen LogP contribution in [-0.4, -0.2) is 35.0 Å². The van der Waals surface area contributed by atoms with Crippen LogP contribution in [-0.2, 0) is 4.79 Å². The summed E-state index contributed by atoms with van der Waals surface area (Å²) < 4.78 is 0. The van der Waals surface area contributed by atoms with Crippen LogP contribution in [0.3, 0.4) is 0 Å². The number of nitrogens with zero attached hydrogens (tertiary/aromatic N) is 3. The summed E-state index contributed by atoms with van der Waals surface area (Å²) in [4.78, 5) is 23.4. The van der Waals surface area contributed by atoms with Gasteiger partial charge in [0, 0.05) is 13.1 Å². The Bertz CT molecular complexity index is 626. The molecule has 19 heavy (non-hydrogen) atoms. The van der Waals surface area contributed by atoms with Crippen molar-refractivity contribution in [3.8, 4) is 0 Å². The Balaban J connectivity index is 2.11. The highest BCUT2D eigenvalue weighted by Gasteiger charge is 2.30. The van der Waals surface area contributed by atoms with Crippen LogP contribution in [0.25, 0.3) is 10.2 Å². The lowest BCUT2D eigenvalue weighted by Crippen LogP contribution is -2.55. The zero-order valence-corrected chi connectivity index (χ0v) is 11.4. The minimum Gasteiger partial charge on any atom is -0.368 e. The smallest absolute Gasteiger partial charge is 0.242 e. The van der Waals surface area contributed by atoms with E-state index < -0.39 is 0 Å². The third-order valence-corrected chi connectivity index (χ3v) is 4.12. The van der Waals surface area contributed by atoms with E-state index in [9.17, 15) is 4.79 Å². The summed E-state index contributed by atoms with van der Waals surface area (Å²) in [6.45, 7) is 3.37. The Kier molecular flexibility index (Phi) is 2.98. The second-order valence-electron chi connectivity index (χ2n) is 4.45. The Morgan fingerprint density at radius 2 is 2.42 bits per heavy atom. The maximum absolute atomic E-state index is 11.9. The quantitative estimate of drug-likeness (QED) is 0.855. The molecule has 0 spiro atoms. The fourth-order valence-electron chi connectivity index (χ4n) is 2.45. The van der Waals surface area contributed by atoms with Crippen molar-refractivity contribution in [3.63, 3.8) is 0 Å². The first-order valence-electron chi connectivity index (χ1n) is 6.25. The van der Waals surface area contributed by atoms with Crippen LogP contribution in [0.15, 0.2) is 11.4 Å². The first-order chi connectivity index (χ1) is 9.20. The number of carbonyl (C=O) groups excluding carboxylic acids is 1. The summed E-state index contributed by atoms with van der Waals surface area (Å²) >= 11 is 1.53. The third kappa shape index (κ3) is 1.99. The average Bonchev–Trinajstić information content (AvgIpc) is 2.85. The zero-order valence-electron chi connectivity index (χ0n) is 10.6. The maximum atomic E-state index is 11.9. The second kappa shape index (κ2) is 4.65. The van der Waals surface area contributed by atoms with Gasteiger partial charge in [0.2, 0.25) is 11.9 Å². The number of aromatic nitrogens is 2. The number of rotatable bonds is 2. The van der Waals surface area contributed by atoms with Gasteiger partial charge in [0.25, 0.3) is 0 Å². The monoisotopic (exact) mass is 277 g/mol. The second-order valence-corrected chi connectivity index (χ2v) is 5.35. The van der Waals surface area contributed by atoms with E-state index in [1.165, 1.54) is 11.3 Å². The lowest BCUT2D eigenvalue weighted by Gasteiger charge is -2.35. The summed E-state index contributed by atoms with van der Waals surface area (Å²) in [5.41, 5.74) is 5.77. The van der Waals surface area contributed by atoms with Gasteiger partial charge < -0.3 is 16.0 Å². The molecule has 3 N–H and O–H groups in total. The van der Waals surface area contributed by atoms with E-state index in [2.05, 4.69) is 15.3 Å². The number of hydrogen-bond acceptors (Lipinski definition) is 6. The molecule has 0 saturated carbocycles. The van der Waals surface area contributed by atoms with E-state index >= 15 is 0 Å². The van der Waals surface area contributed by atoms with Gasteiger partial charge in [-0.2, -0.15) is 4.98 Å². The lowest BCUT2D eigenvalue weighted by molar-refractivity contribution is -0.123. The van der Waals surface area contributed by atoms with Crippen LogP contribution >= 0.6 is 11.3 Å². The minimum atomic E-state index is -0.189. The predicted molar refractivity (Wildman–Crippen MR) is 76.3 cm³/mol. The highest BCUT2D eigenvalue weighted by Crippen LogP contribution is 2.30. The minimum absolute atomic E-state index is 0.0503. The molecule has 3 rings (SSSR count). The van der Waals surface area contributed by atoms with E-state index in [1.807, 2.05) is 23.3 Å². The Morgan fingerprint density at radius 1 is 1.58 bits per heavy atom. The first-order valence-corrected chi connectivity index (χ1v) is 7.13. The van der Waals surface area contributed by atoms with Gasteiger partial charge in [-0.3, -0.25) is 4.79 Å². The number of nitrogens with one attached hydrogen (secondary N) is 1. The molecule has 0 aromatic carbocycles. The number of hydrogen-bond donors (Lipinski definition) is 2. The number of carbonyl (C=O) groups is 1. The van der Waals surface area contributed by atoms with Crippen LogP contribution in [0.2, 0.25) is 0 Å². The fourth-order valence-corrected chi connectivity index (χ4v) is 3.21. The highest BCUT2D eigenvalue weighted by molar-refractivity contribution is 7.16. The number of nitrogen functional groups attached to an aromatic ring is 1. The fraction of sp³-hybridized carbons (Fsp3) is 0.417. The third-order valence-electron chi connectivity index (χ3n) is 3.31. The number of fused-ring (bicyclic) bond motifs is 1. The summed E-state index contributed by atoms with van der Waals surface area (Å²) in [7, 11) is 0. The van der Waals surface area contributed by atoms with Crippen molar-refractivity contribution in [1.82, 2.24) is 15.3 Å². The summed E-state index contributed by atoms with van der Waals surface area (Å²) in [6.07, 6.45) is 0.737. The van der Waals surface area contributed by atoms with Crippen LogP contribution in [0.4, 0.5) is 11.8 Å². The Hall–Kier alpha value is -1.89. The summed E-state index contributed by atoms with van der Waals surface area (Å²) in [5, 5.41) is 5.82. The van der Waals surface area contributed by atoms with E-state index in [0.29, 0.717) is 6.54 Å². The molecule has 1 atom stereocenters. The number of amides is 1. The van der Waals surface area contributed by atoms with Crippen molar-refractivity contribution in [2.75, 3.05) is 23.7 Å². The average molecular weight is 277 g/mol. The van der Waals surface area contributed by atoms with E-state index in [0.717, 1.165) is 29.0 Å². The summed E-state index contributed by atoms with van der Waals surface area (Å²) in [5.74, 6) is 1.07. The normalized spacial score (nSPS) is 19.7. The van der Waals surface area contributed by atoms with E-state index in [4.69, 9.17) is 5.73 Å². The van der Waals surface area contributed by atoms with Gasteiger partial charge in [0.15, 0.2) is 0 Å². The molecule has 1 unspecified atom stereocenters. The molecule has 100 valence electrons. The van der Waals surface area contributed by atoms with Gasteiger partial charge >= 0.3 is 0 Å². The molecule has 1 aliphatic heterocycles. The molecule has 1 fully saturated rings. The van der Waals surface area contributed by atoms with Gasteiger partial charge in [0.1, 0.15) is 16.7 Å². The molecule has 0 aliphatic carbocycles. The van der Waals surface area contributed by atoms with Crippen LogP contribution in [0, 0.1) is 0 Å². The van der Waals surface area contributed by atoms with Gasteiger partial charge in [-0.15, -0.1) is 11.3 Å². The molecule has 2 aromatic rings. The van der Waals surface area contributed by atoms with Crippen molar-refractivity contribution in [1.29, 1.82) is 0 Å². The van der Waals surface area contributed by atoms with Crippen molar-refractivity contribution in [2.24, 2.45) is 0 Å². The number of thiophene rings is 1. The van der Waals surface area contributed by atoms with Gasteiger partial charge in [0.05, 0.1) is 5.39 Å². The SMILES string of the molecule is CCC1C(=O)NCCN1c1nc(N)nc2sccc12. The molecule has 0 radical (unpaired) electrons. The van der Waals surface area contributed by atoms with E-state index in [-0.39, 0.29) is 17.9 Å². The van der Waals surface area contributed by atoms with E-state index in [1.54, 1.807) is 0 Å². The van der Waals surface area contributed by atoms with Gasteiger partial charge in [-0.1, -0.05) is 6.92 Å². The molecule has 3 heterocycles. The molecule has 1 saturated heterocycles. The molecule has 2 aromatic heterocycles. The van der Waals surface area contributed by atoms with Crippen LogP contribution < -0.4 is 16.0 Å². The predicted octanol–water partition coefficient (Wildman–Crippen LogP) is 0.988. The number of anilines is 2. The molecular formula is C12H15N5OS. The van der Waals surface area contributed by atoms with Gasteiger partial charge in [-0.05, 0) is 17.9 Å². The van der Waals surface area contributed by atoms with Crippen molar-refractivity contribution >= 4 is 39.2 Å². The molecule has 1 aliphatic rings. The van der Waals surface area contributed by atoms with Crippen molar-refractivity contribution in [3.05, 3.63) is 11.4 Å². The van der Waals surface area contributed by atoms with Crippen LogP contribution in [0.5, 0.6) is 0 Å². The Labute approximate surface area is 114 Å². The van der Waals surface area contributed by atoms with Crippen molar-refractivity contribution < 1.29 is 4.79 Å². The van der Waals surface area contributed by atoms with Gasteiger partial charge in [-0.25, -0.2) is 4.98 Å².